The van der Waals surface area contributed by atoms with E-state index in [1.165, 1.54) is 0 Å². The maximum Gasteiger partial charge on any atom is 0.182 e. The van der Waals surface area contributed by atoms with Crippen LogP contribution in [-0.4, -0.2) is 52.2 Å². The summed E-state index contributed by atoms with van der Waals surface area (Å²) in [7, 11) is 2.11. The molecule has 0 bridgehead atoms. The maximum atomic E-state index is 12.0. The Bertz CT molecular complexity index is 1500. The lowest BCUT2D eigenvalue weighted by molar-refractivity contribution is 0.261. The van der Waals surface area contributed by atoms with Crippen molar-refractivity contribution in [2.45, 2.75) is 4.90 Å². The number of likely N-dealkylation sites (N-methyl/N-ethyl adjacent to an activating group) is 1. The monoisotopic (exact) mass is 489 g/mol. The Labute approximate surface area is 205 Å². The molecule has 0 aliphatic rings. The van der Waals surface area contributed by atoms with Crippen molar-refractivity contribution >= 4 is 27.4 Å². The molecular formula is C26H27N5O3S. The van der Waals surface area contributed by atoms with Crippen LogP contribution in [-0.2, 0) is 15.2 Å². The molecule has 0 saturated heterocycles. The van der Waals surface area contributed by atoms with Gasteiger partial charge in [-0.05, 0) is 60.9 Å². The third kappa shape index (κ3) is 4.94. The first-order valence-electron chi connectivity index (χ1n) is 11.0. The number of nitrogens with zero attached hydrogens (tertiary/aromatic N) is 4. The van der Waals surface area contributed by atoms with Gasteiger partial charge in [-0.15, -0.1) is 5.14 Å². The molecule has 9 heteroatoms. The van der Waals surface area contributed by atoms with Crippen molar-refractivity contribution in [1.29, 1.82) is 0 Å². The zero-order valence-electron chi connectivity index (χ0n) is 19.5. The topological polar surface area (TPSA) is 116 Å². The fraction of sp³-hybridized carbons (Fsp3) is 0.154. The summed E-state index contributed by atoms with van der Waals surface area (Å²) < 4.78 is 19.6. The van der Waals surface area contributed by atoms with Crippen molar-refractivity contribution in [2.24, 2.45) is 5.14 Å². The van der Waals surface area contributed by atoms with E-state index in [-0.39, 0.29) is 5.48 Å². The summed E-state index contributed by atoms with van der Waals surface area (Å²) in [4.78, 5) is 7.47. The molecule has 3 aromatic carbocycles. The zero-order chi connectivity index (χ0) is 23.7. The van der Waals surface area contributed by atoms with E-state index in [9.17, 15) is 4.21 Å². The summed E-state index contributed by atoms with van der Waals surface area (Å²) in [6, 6.07) is 19.6. The number of hydrogen-bond acceptors (Lipinski definition) is 6. The number of thiol groups is 1. The molecule has 0 aliphatic carbocycles. The first-order chi connectivity index (χ1) is 16.5. The van der Waals surface area contributed by atoms with Gasteiger partial charge in [0.15, 0.2) is 21.5 Å². The SMILES string of the molecule is CN(C)CCOc1ccc(-c2cnc3c(-c4ccc([SH+](N)=O)c5ccccc45)cnn3c2)cc1.[OH-]. The van der Waals surface area contributed by atoms with Gasteiger partial charge < -0.3 is 15.1 Å². The van der Waals surface area contributed by atoms with Gasteiger partial charge in [0.1, 0.15) is 12.4 Å². The maximum absolute atomic E-state index is 12.0. The molecule has 3 N–H and O–H groups in total. The van der Waals surface area contributed by atoms with E-state index in [0.717, 1.165) is 51.0 Å². The number of benzene rings is 3. The Morgan fingerprint density at radius 1 is 0.943 bits per heavy atom. The van der Waals surface area contributed by atoms with Gasteiger partial charge >= 0.3 is 0 Å². The average Bonchev–Trinajstić information content (AvgIpc) is 3.26. The molecule has 2 heterocycles. The largest absolute Gasteiger partial charge is 0.870 e. The van der Waals surface area contributed by atoms with Crippen LogP contribution in [0, 0.1) is 0 Å². The number of aromatic nitrogens is 3. The van der Waals surface area contributed by atoms with Crippen molar-refractivity contribution in [2.75, 3.05) is 27.2 Å². The molecule has 0 aliphatic heterocycles. The highest BCUT2D eigenvalue weighted by Crippen LogP contribution is 2.34. The van der Waals surface area contributed by atoms with Gasteiger partial charge in [0, 0.05) is 35.5 Å². The van der Waals surface area contributed by atoms with E-state index in [2.05, 4.69) is 10.00 Å². The molecule has 0 spiro atoms. The van der Waals surface area contributed by atoms with E-state index < -0.39 is 11.0 Å². The Balaban J connectivity index is 0.00000289. The van der Waals surface area contributed by atoms with Gasteiger partial charge in [-0.25, -0.2) is 9.50 Å². The summed E-state index contributed by atoms with van der Waals surface area (Å²) in [5.74, 6) is 0.843. The number of nitrogens with two attached hydrogens (primary N) is 1. The Kier molecular flexibility index (Phi) is 7.23. The van der Waals surface area contributed by atoms with Crippen molar-refractivity contribution in [3.63, 3.8) is 0 Å². The Morgan fingerprint density at radius 3 is 2.40 bits per heavy atom. The molecular weight excluding hydrogens is 462 g/mol. The smallest absolute Gasteiger partial charge is 0.182 e. The number of rotatable bonds is 7. The van der Waals surface area contributed by atoms with E-state index in [1.54, 1.807) is 4.52 Å². The standard InChI is InChI=1S/C26H25N5O2S.H2O/c1-30(2)13-14-33-20-9-7-18(8-10-20)19-15-28-26-24(16-29-31(26)17-19)22-11-12-25(34(27)32)23-6-4-3-5-21(22)23;/h3-12,15-17H,13-14H2,1-2H3,(H2,27,32);1H2. The fourth-order valence-corrected chi connectivity index (χ4v) is 4.67. The Morgan fingerprint density at radius 2 is 1.69 bits per heavy atom. The molecule has 5 rings (SSSR count). The van der Waals surface area contributed by atoms with Crippen LogP contribution >= 0.6 is 0 Å². The summed E-state index contributed by atoms with van der Waals surface area (Å²) in [6.07, 6.45) is 5.65. The van der Waals surface area contributed by atoms with Gasteiger partial charge in [-0.1, -0.05) is 34.5 Å². The van der Waals surface area contributed by atoms with Crippen LogP contribution in [0.4, 0.5) is 0 Å². The summed E-state index contributed by atoms with van der Waals surface area (Å²) in [5.41, 5.74) is 4.63. The highest BCUT2D eigenvalue weighted by Gasteiger charge is 2.17. The normalized spacial score (nSPS) is 12.1. The van der Waals surface area contributed by atoms with Gasteiger partial charge in [-0.3, -0.25) is 0 Å². The number of hydrogen-bond donors (Lipinski definition) is 1. The van der Waals surface area contributed by atoms with E-state index >= 15 is 0 Å². The van der Waals surface area contributed by atoms with Gasteiger partial charge in [0.05, 0.1) is 6.20 Å². The lowest BCUT2D eigenvalue weighted by Crippen LogP contribution is -2.19. The van der Waals surface area contributed by atoms with Crippen molar-refractivity contribution in [3.05, 3.63) is 79.3 Å². The highest BCUT2D eigenvalue weighted by molar-refractivity contribution is 7.82. The average molecular weight is 490 g/mol. The van der Waals surface area contributed by atoms with Crippen LogP contribution in [0.5, 0.6) is 5.75 Å². The van der Waals surface area contributed by atoms with Crippen LogP contribution in [0.1, 0.15) is 0 Å². The van der Waals surface area contributed by atoms with Gasteiger partial charge in [0.2, 0.25) is 0 Å². The van der Waals surface area contributed by atoms with E-state index in [1.807, 2.05) is 93.3 Å². The van der Waals surface area contributed by atoms with Crippen LogP contribution in [0.3, 0.4) is 0 Å². The minimum atomic E-state index is -1.94. The minimum Gasteiger partial charge on any atom is -0.870 e. The molecule has 180 valence electrons. The molecule has 1 atom stereocenters. The molecule has 35 heavy (non-hydrogen) atoms. The third-order valence-corrected chi connectivity index (χ3v) is 6.64. The molecule has 2 aromatic heterocycles. The lowest BCUT2D eigenvalue weighted by atomic mass is 10.00. The molecule has 5 aromatic rings. The molecule has 0 fully saturated rings. The quantitative estimate of drug-likeness (QED) is 0.274. The summed E-state index contributed by atoms with van der Waals surface area (Å²) in [5, 5.41) is 12.1. The second-order valence-corrected chi connectivity index (χ2v) is 9.48. The molecule has 1 unspecified atom stereocenters. The second-order valence-electron chi connectivity index (χ2n) is 8.35. The summed E-state index contributed by atoms with van der Waals surface area (Å²) in [6.45, 7) is 1.51. The second kappa shape index (κ2) is 10.3. The molecule has 0 amide bonds. The first-order valence-corrected chi connectivity index (χ1v) is 12.3. The first kappa shape index (κ1) is 24.5. The van der Waals surface area contributed by atoms with Crippen LogP contribution in [0.15, 0.2) is 84.1 Å². The predicted molar refractivity (Wildman–Crippen MR) is 139 cm³/mol. The van der Waals surface area contributed by atoms with Gasteiger partial charge in [0.25, 0.3) is 0 Å². The highest BCUT2D eigenvalue weighted by atomic mass is 32.2. The fourth-order valence-electron chi connectivity index (χ4n) is 4.01. The predicted octanol–water partition coefficient (Wildman–Crippen LogP) is 3.91. The zero-order valence-corrected chi connectivity index (χ0v) is 20.4. The summed E-state index contributed by atoms with van der Waals surface area (Å²) >= 11 is 0. The van der Waals surface area contributed by atoms with Crippen molar-refractivity contribution in [1.82, 2.24) is 19.5 Å². The Hall–Kier alpha value is -3.63. The minimum absolute atomic E-state index is 0. The van der Waals surface area contributed by atoms with Gasteiger partial charge in [-0.2, -0.15) is 5.10 Å². The van der Waals surface area contributed by atoms with Crippen molar-refractivity contribution < 1.29 is 14.4 Å². The van der Waals surface area contributed by atoms with E-state index in [0.29, 0.717) is 11.5 Å². The molecule has 8 nitrogen and oxygen atoms in total. The number of fused-ring (bicyclic) bond motifs is 2. The van der Waals surface area contributed by atoms with Crippen LogP contribution in [0.2, 0.25) is 0 Å². The lowest BCUT2D eigenvalue weighted by Gasteiger charge is -2.11. The number of ether oxygens (including phenoxy) is 1. The van der Waals surface area contributed by atoms with Crippen molar-refractivity contribution in [3.8, 4) is 28.0 Å². The van der Waals surface area contributed by atoms with Crippen LogP contribution < -0.4 is 9.88 Å². The molecule has 0 radical (unpaired) electrons. The third-order valence-electron chi connectivity index (χ3n) is 5.78. The van der Waals surface area contributed by atoms with Crippen LogP contribution in [0.25, 0.3) is 38.7 Å². The van der Waals surface area contributed by atoms with E-state index in [4.69, 9.17) is 14.9 Å². The molecule has 0 saturated carbocycles.